The number of hydrogen-bond donors (Lipinski definition) is 2. The van der Waals surface area contributed by atoms with Crippen molar-refractivity contribution in [2.24, 2.45) is 0 Å². The summed E-state index contributed by atoms with van der Waals surface area (Å²) in [7, 11) is -1.56. The fourth-order valence-corrected chi connectivity index (χ4v) is 3.67. The van der Waals surface area contributed by atoms with Crippen molar-refractivity contribution in [1.82, 2.24) is 4.31 Å². The molecule has 0 aliphatic carbocycles. The maximum atomic E-state index is 12.5. The van der Waals surface area contributed by atoms with E-state index in [1.54, 1.807) is 16.4 Å². The average Bonchev–Trinajstić information content (AvgIpc) is 2.82. The minimum absolute atomic E-state index is 0.102. The zero-order chi connectivity index (χ0) is 14.9. The van der Waals surface area contributed by atoms with Crippen LogP contribution in [0.25, 0.3) is 0 Å². The van der Waals surface area contributed by atoms with Crippen LogP contribution in [0.5, 0.6) is 0 Å². The highest BCUT2D eigenvalue weighted by Crippen LogP contribution is 2.29. The smallest absolute Gasteiger partial charge is 0.129 e. The van der Waals surface area contributed by atoms with Gasteiger partial charge in [-0.15, -0.1) is 0 Å². The first-order valence-electron chi connectivity index (χ1n) is 6.14. The zero-order valence-electron chi connectivity index (χ0n) is 10.9. The Labute approximate surface area is 125 Å². The van der Waals surface area contributed by atoms with Gasteiger partial charge in [0.05, 0.1) is 16.6 Å². The minimum Gasteiger partial charge on any atom is -0.390 e. The summed E-state index contributed by atoms with van der Waals surface area (Å²) >= 11 is 5.81. The van der Waals surface area contributed by atoms with E-state index in [0.29, 0.717) is 22.9 Å². The zero-order valence-corrected chi connectivity index (χ0v) is 12.5. The van der Waals surface area contributed by atoms with Crippen molar-refractivity contribution in [3.05, 3.63) is 28.8 Å². The number of aliphatic hydroxyl groups excluding tert-OH is 1. The molecule has 5 nitrogen and oxygen atoms in total. The highest BCUT2D eigenvalue weighted by Gasteiger charge is 2.42. The lowest BCUT2D eigenvalue weighted by atomic mass is 9.97. The molecule has 0 spiro atoms. The predicted octanol–water partition coefficient (Wildman–Crippen LogP) is 1.05. The fourth-order valence-electron chi connectivity index (χ4n) is 2.15. The summed E-state index contributed by atoms with van der Waals surface area (Å²) < 4.78 is 14.1. The molecule has 20 heavy (non-hydrogen) atoms. The first kappa shape index (κ1) is 15.4. The molecule has 1 aromatic carbocycles. The van der Waals surface area contributed by atoms with Gasteiger partial charge in [0.15, 0.2) is 0 Å². The Morgan fingerprint density at radius 3 is 2.85 bits per heavy atom. The molecule has 1 aliphatic heterocycles. The van der Waals surface area contributed by atoms with E-state index in [4.69, 9.17) is 16.9 Å². The highest BCUT2D eigenvalue weighted by molar-refractivity contribution is 7.82. The van der Waals surface area contributed by atoms with E-state index in [0.717, 1.165) is 0 Å². The van der Waals surface area contributed by atoms with Crippen molar-refractivity contribution in [2.75, 3.05) is 13.1 Å². The Kier molecular flexibility index (Phi) is 4.47. The van der Waals surface area contributed by atoms with E-state index in [2.05, 4.69) is 0 Å². The molecule has 3 atom stereocenters. The summed E-state index contributed by atoms with van der Waals surface area (Å²) in [5.41, 5.74) is -1.00. The quantitative estimate of drug-likeness (QED) is 0.873. The largest absolute Gasteiger partial charge is 0.390 e. The number of hydrogen-bond acceptors (Lipinski definition) is 4. The highest BCUT2D eigenvalue weighted by atomic mass is 35.5. The molecule has 0 bridgehead atoms. The second-order valence-corrected chi connectivity index (χ2v) is 6.79. The molecule has 1 saturated heterocycles. The first-order chi connectivity index (χ1) is 9.37. The van der Waals surface area contributed by atoms with Crippen LogP contribution in [0, 0.1) is 11.3 Å². The molecule has 108 valence electrons. The van der Waals surface area contributed by atoms with E-state index in [1.165, 1.54) is 13.0 Å². The molecule has 1 aliphatic rings. The summed E-state index contributed by atoms with van der Waals surface area (Å²) in [4.78, 5) is 0.367. The van der Waals surface area contributed by atoms with Gasteiger partial charge in [-0.2, -0.15) is 5.26 Å². The van der Waals surface area contributed by atoms with E-state index < -0.39 is 22.7 Å². The van der Waals surface area contributed by atoms with Gasteiger partial charge in [0, 0.05) is 18.1 Å². The van der Waals surface area contributed by atoms with Crippen molar-refractivity contribution >= 4 is 22.6 Å². The number of benzene rings is 1. The number of halogens is 1. The van der Waals surface area contributed by atoms with Crippen molar-refractivity contribution < 1.29 is 14.4 Å². The predicted molar refractivity (Wildman–Crippen MR) is 75.4 cm³/mol. The van der Waals surface area contributed by atoms with Crippen LogP contribution in [-0.2, 0) is 11.0 Å². The average molecular weight is 315 g/mol. The topological polar surface area (TPSA) is 84.6 Å². The second kappa shape index (κ2) is 5.80. The van der Waals surface area contributed by atoms with Gasteiger partial charge in [0.2, 0.25) is 0 Å². The van der Waals surface area contributed by atoms with Crippen LogP contribution in [-0.4, -0.2) is 43.5 Å². The first-order valence-corrected chi connectivity index (χ1v) is 7.63. The van der Waals surface area contributed by atoms with Crippen molar-refractivity contribution in [2.45, 2.75) is 29.9 Å². The van der Waals surface area contributed by atoms with Gasteiger partial charge in [0.1, 0.15) is 22.7 Å². The maximum absolute atomic E-state index is 12.5. The molecular formula is C13H15ClN2O3S. The summed E-state index contributed by atoms with van der Waals surface area (Å²) in [6, 6.07) is 6.56. The molecule has 0 amide bonds. The van der Waals surface area contributed by atoms with Gasteiger partial charge in [-0.1, -0.05) is 11.6 Å². The molecule has 0 radical (unpaired) electrons. The van der Waals surface area contributed by atoms with Crippen LogP contribution < -0.4 is 0 Å². The molecule has 0 saturated carbocycles. The van der Waals surface area contributed by atoms with Crippen molar-refractivity contribution in [3.63, 3.8) is 0 Å². The summed E-state index contributed by atoms with van der Waals surface area (Å²) in [5.74, 6) is 0. The second-order valence-electron chi connectivity index (χ2n) is 4.89. The van der Waals surface area contributed by atoms with Crippen LogP contribution in [0.2, 0.25) is 5.02 Å². The van der Waals surface area contributed by atoms with E-state index >= 15 is 0 Å². The van der Waals surface area contributed by atoms with Gasteiger partial charge in [-0.25, -0.2) is 8.51 Å². The third-order valence-electron chi connectivity index (χ3n) is 3.51. The monoisotopic (exact) mass is 314 g/mol. The number of nitrogens with zero attached hydrogens (tertiary/aromatic N) is 2. The Hall–Kier alpha value is -0.970. The third kappa shape index (κ3) is 2.87. The number of aliphatic hydroxyl groups is 2. The molecule has 7 heteroatoms. The summed E-state index contributed by atoms with van der Waals surface area (Å²) in [6.45, 7) is 2.00. The molecular weight excluding hydrogens is 300 g/mol. The lowest BCUT2D eigenvalue weighted by Crippen LogP contribution is -2.43. The lowest BCUT2D eigenvalue weighted by molar-refractivity contribution is -0.0534. The SMILES string of the molecule is CC(O)C1(O)CCN(S(=O)c2ccc(Cl)cc2C#N)C1. The van der Waals surface area contributed by atoms with Gasteiger partial charge in [-0.3, -0.25) is 0 Å². The lowest BCUT2D eigenvalue weighted by Gasteiger charge is -2.25. The van der Waals surface area contributed by atoms with E-state index in [9.17, 15) is 14.4 Å². The van der Waals surface area contributed by atoms with E-state index in [1.807, 2.05) is 6.07 Å². The van der Waals surface area contributed by atoms with Gasteiger partial charge in [0.25, 0.3) is 0 Å². The molecule has 0 aromatic heterocycles. The van der Waals surface area contributed by atoms with Crippen LogP contribution >= 0.6 is 11.6 Å². The van der Waals surface area contributed by atoms with Gasteiger partial charge in [-0.05, 0) is 31.5 Å². The van der Waals surface area contributed by atoms with Crippen molar-refractivity contribution in [1.29, 1.82) is 5.26 Å². The normalized spacial score (nSPS) is 26.1. The molecule has 1 fully saturated rings. The van der Waals surface area contributed by atoms with Crippen LogP contribution in [0.1, 0.15) is 18.9 Å². The Morgan fingerprint density at radius 1 is 1.60 bits per heavy atom. The van der Waals surface area contributed by atoms with Crippen LogP contribution in [0.4, 0.5) is 0 Å². The van der Waals surface area contributed by atoms with E-state index in [-0.39, 0.29) is 12.1 Å². The van der Waals surface area contributed by atoms with Crippen LogP contribution in [0.15, 0.2) is 23.1 Å². The number of rotatable bonds is 3. The van der Waals surface area contributed by atoms with Gasteiger partial charge >= 0.3 is 0 Å². The Bertz CT molecular complexity index is 587. The van der Waals surface area contributed by atoms with Gasteiger partial charge < -0.3 is 10.2 Å². The molecule has 2 rings (SSSR count). The number of nitriles is 1. The fraction of sp³-hybridized carbons (Fsp3) is 0.462. The minimum atomic E-state index is -1.56. The van der Waals surface area contributed by atoms with Crippen molar-refractivity contribution in [3.8, 4) is 6.07 Å². The summed E-state index contributed by atoms with van der Waals surface area (Å²) in [6.07, 6.45) is -0.559. The number of β-amino-alcohol motifs (C(OH)–C–C–N with tert-alkyl or cyclic N) is 1. The summed E-state index contributed by atoms with van der Waals surface area (Å²) in [5, 5.41) is 29.2. The molecule has 3 unspecified atom stereocenters. The third-order valence-corrected chi connectivity index (χ3v) is 5.25. The molecule has 1 aromatic rings. The Balaban J connectivity index is 2.24. The Morgan fingerprint density at radius 2 is 2.30 bits per heavy atom. The standard InChI is InChI=1S/C13H15ClN2O3S/c1-9(17)13(18)4-5-16(8-13)20(19)12-3-2-11(14)6-10(12)7-15/h2-3,6,9,17-18H,4-5,8H2,1H3. The maximum Gasteiger partial charge on any atom is 0.129 e. The molecule has 2 N–H and O–H groups in total. The van der Waals surface area contributed by atoms with Crippen LogP contribution in [0.3, 0.4) is 0 Å². The molecule has 1 heterocycles.